The number of ether oxygens (including phenoxy) is 1. The quantitative estimate of drug-likeness (QED) is 0.863. The number of benzene rings is 1. The Morgan fingerprint density at radius 3 is 2.76 bits per heavy atom. The number of para-hydroxylation sites is 1. The highest BCUT2D eigenvalue weighted by atomic mass is 16.5. The molecule has 17 heavy (non-hydrogen) atoms. The van der Waals surface area contributed by atoms with E-state index in [-0.39, 0.29) is 5.41 Å². The zero-order valence-corrected chi connectivity index (χ0v) is 11.3. The highest BCUT2D eigenvalue weighted by Gasteiger charge is 2.29. The van der Waals surface area contributed by atoms with Gasteiger partial charge < -0.3 is 10.1 Å². The van der Waals surface area contributed by atoms with Gasteiger partial charge in [-0.2, -0.15) is 0 Å². The maximum absolute atomic E-state index is 5.90. The van der Waals surface area contributed by atoms with Crippen LogP contribution in [0.15, 0.2) is 18.2 Å². The summed E-state index contributed by atoms with van der Waals surface area (Å²) in [5, 5.41) is 3.54. The smallest absolute Gasteiger partial charge is 0.128 e. The summed E-state index contributed by atoms with van der Waals surface area (Å²) in [6.07, 6.45) is 1.16. The number of hydrogen-bond acceptors (Lipinski definition) is 2. The number of nitrogens with one attached hydrogen (secondary N) is 1. The lowest BCUT2D eigenvalue weighted by Crippen LogP contribution is -2.22. The molecule has 0 bridgehead atoms. The molecule has 1 N–H and O–H groups in total. The fourth-order valence-corrected chi connectivity index (χ4v) is 2.32. The maximum Gasteiger partial charge on any atom is 0.128 e. The first-order valence-corrected chi connectivity index (χ1v) is 6.53. The molecule has 0 spiro atoms. The molecule has 0 radical (unpaired) electrons. The highest BCUT2D eigenvalue weighted by molar-refractivity contribution is 5.49. The van der Waals surface area contributed by atoms with Crippen molar-refractivity contribution in [3.63, 3.8) is 0 Å². The zero-order chi connectivity index (χ0) is 12.5. The average Bonchev–Trinajstić information content (AvgIpc) is 2.67. The SMILES string of the molecule is CCCNC1COc2c1cccc2C(C)(C)C. The van der Waals surface area contributed by atoms with E-state index >= 15 is 0 Å². The Kier molecular flexibility index (Phi) is 3.43. The molecule has 0 saturated heterocycles. The first-order valence-electron chi connectivity index (χ1n) is 6.53. The molecule has 0 saturated carbocycles. The van der Waals surface area contributed by atoms with E-state index in [1.807, 2.05) is 0 Å². The van der Waals surface area contributed by atoms with E-state index in [9.17, 15) is 0 Å². The molecule has 2 heteroatoms. The molecule has 94 valence electrons. The van der Waals surface area contributed by atoms with Crippen LogP contribution in [0.3, 0.4) is 0 Å². The third kappa shape index (κ3) is 2.47. The lowest BCUT2D eigenvalue weighted by atomic mass is 9.85. The molecule has 1 unspecified atom stereocenters. The van der Waals surface area contributed by atoms with E-state index in [1.54, 1.807) is 0 Å². The average molecular weight is 233 g/mol. The van der Waals surface area contributed by atoms with Crippen LogP contribution in [0, 0.1) is 0 Å². The van der Waals surface area contributed by atoms with E-state index in [2.05, 4.69) is 51.2 Å². The molecule has 1 aliphatic rings. The van der Waals surface area contributed by atoms with Crippen LogP contribution in [-0.4, -0.2) is 13.2 Å². The molecule has 2 nitrogen and oxygen atoms in total. The van der Waals surface area contributed by atoms with Crippen molar-refractivity contribution in [3.05, 3.63) is 29.3 Å². The second kappa shape index (κ2) is 4.69. The molecule has 1 atom stereocenters. The van der Waals surface area contributed by atoms with Crippen molar-refractivity contribution < 1.29 is 4.74 Å². The monoisotopic (exact) mass is 233 g/mol. The molecule has 1 aromatic rings. The van der Waals surface area contributed by atoms with Gasteiger partial charge in [0, 0.05) is 5.56 Å². The number of rotatable bonds is 3. The van der Waals surface area contributed by atoms with Crippen molar-refractivity contribution >= 4 is 0 Å². The summed E-state index contributed by atoms with van der Waals surface area (Å²) in [5.41, 5.74) is 2.78. The van der Waals surface area contributed by atoms with Crippen LogP contribution in [0.5, 0.6) is 5.75 Å². The molecule has 0 fully saturated rings. The lowest BCUT2D eigenvalue weighted by Gasteiger charge is -2.21. The molecule has 2 rings (SSSR count). The second-order valence-corrected chi connectivity index (χ2v) is 5.79. The van der Waals surface area contributed by atoms with Gasteiger partial charge in [0.25, 0.3) is 0 Å². The summed E-state index contributed by atoms with van der Waals surface area (Å²) in [6, 6.07) is 6.88. The molecule has 0 aromatic heterocycles. The van der Waals surface area contributed by atoms with Gasteiger partial charge in [-0.3, -0.25) is 0 Å². The third-order valence-electron chi connectivity index (χ3n) is 3.26. The molecule has 1 aromatic carbocycles. The summed E-state index contributed by atoms with van der Waals surface area (Å²) < 4.78 is 5.90. The molecular formula is C15H23NO. The minimum atomic E-state index is 0.144. The molecule has 0 aliphatic carbocycles. The fraction of sp³-hybridized carbons (Fsp3) is 0.600. The van der Waals surface area contributed by atoms with Gasteiger partial charge >= 0.3 is 0 Å². The van der Waals surface area contributed by atoms with E-state index in [0.29, 0.717) is 6.04 Å². The van der Waals surface area contributed by atoms with Gasteiger partial charge in [-0.05, 0) is 23.9 Å². The van der Waals surface area contributed by atoms with Crippen molar-refractivity contribution in [2.24, 2.45) is 0 Å². The Hall–Kier alpha value is -1.02. The predicted octanol–water partition coefficient (Wildman–Crippen LogP) is 3.42. The van der Waals surface area contributed by atoms with Gasteiger partial charge in [-0.15, -0.1) is 0 Å². The first kappa shape index (κ1) is 12.4. The molecular weight excluding hydrogens is 210 g/mol. The topological polar surface area (TPSA) is 21.3 Å². The van der Waals surface area contributed by atoms with Crippen molar-refractivity contribution in [2.45, 2.75) is 45.6 Å². The van der Waals surface area contributed by atoms with Crippen LogP contribution in [0.1, 0.15) is 51.3 Å². The van der Waals surface area contributed by atoms with E-state index in [1.165, 1.54) is 11.1 Å². The van der Waals surface area contributed by atoms with Gasteiger partial charge in [0.05, 0.1) is 6.04 Å². The van der Waals surface area contributed by atoms with Gasteiger partial charge in [0.2, 0.25) is 0 Å². The normalized spacial score (nSPS) is 18.9. The Morgan fingerprint density at radius 2 is 2.12 bits per heavy atom. The Labute approximate surface area is 104 Å². The van der Waals surface area contributed by atoms with Crippen LogP contribution in [-0.2, 0) is 5.41 Å². The van der Waals surface area contributed by atoms with Crippen molar-refractivity contribution in [1.29, 1.82) is 0 Å². The Bertz CT molecular complexity index is 392. The number of fused-ring (bicyclic) bond motifs is 1. The van der Waals surface area contributed by atoms with Crippen LogP contribution in [0.25, 0.3) is 0 Å². The van der Waals surface area contributed by atoms with Gasteiger partial charge in [0.15, 0.2) is 0 Å². The van der Waals surface area contributed by atoms with Gasteiger partial charge in [-0.1, -0.05) is 45.9 Å². The summed E-state index contributed by atoms with van der Waals surface area (Å²) in [7, 11) is 0. The predicted molar refractivity (Wildman–Crippen MR) is 71.7 cm³/mol. The third-order valence-corrected chi connectivity index (χ3v) is 3.26. The minimum Gasteiger partial charge on any atom is -0.491 e. The second-order valence-electron chi connectivity index (χ2n) is 5.79. The molecule has 0 amide bonds. The van der Waals surface area contributed by atoms with Crippen LogP contribution in [0.4, 0.5) is 0 Å². The van der Waals surface area contributed by atoms with E-state index in [4.69, 9.17) is 4.74 Å². The minimum absolute atomic E-state index is 0.144. The first-order chi connectivity index (χ1) is 8.04. The fourth-order valence-electron chi connectivity index (χ4n) is 2.32. The van der Waals surface area contributed by atoms with Gasteiger partial charge in [0.1, 0.15) is 12.4 Å². The molecule has 1 heterocycles. The van der Waals surface area contributed by atoms with Crippen molar-refractivity contribution in [3.8, 4) is 5.75 Å². The van der Waals surface area contributed by atoms with Crippen molar-refractivity contribution in [1.82, 2.24) is 5.32 Å². The molecule has 1 aliphatic heterocycles. The number of hydrogen-bond donors (Lipinski definition) is 1. The van der Waals surface area contributed by atoms with Crippen LogP contribution >= 0.6 is 0 Å². The maximum atomic E-state index is 5.90. The summed E-state index contributed by atoms with van der Waals surface area (Å²) in [6.45, 7) is 10.7. The van der Waals surface area contributed by atoms with E-state index < -0.39 is 0 Å². The van der Waals surface area contributed by atoms with Crippen LogP contribution < -0.4 is 10.1 Å². The summed E-state index contributed by atoms with van der Waals surface area (Å²) >= 11 is 0. The Morgan fingerprint density at radius 1 is 1.35 bits per heavy atom. The summed E-state index contributed by atoms with van der Waals surface area (Å²) in [5.74, 6) is 1.11. The summed E-state index contributed by atoms with van der Waals surface area (Å²) in [4.78, 5) is 0. The van der Waals surface area contributed by atoms with Crippen LogP contribution in [0.2, 0.25) is 0 Å². The Balaban J connectivity index is 2.29. The van der Waals surface area contributed by atoms with Gasteiger partial charge in [-0.25, -0.2) is 0 Å². The van der Waals surface area contributed by atoms with E-state index in [0.717, 1.165) is 25.3 Å². The largest absolute Gasteiger partial charge is 0.491 e. The zero-order valence-electron chi connectivity index (χ0n) is 11.3. The highest BCUT2D eigenvalue weighted by Crippen LogP contribution is 2.40. The standard InChI is InChI=1S/C15H23NO/c1-5-9-16-13-10-17-14-11(13)7-6-8-12(14)15(2,3)4/h6-8,13,16H,5,9-10H2,1-4H3. The van der Waals surface area contributed by atoms with Crippen molar-refractivity contribution in [2.75, 3.05) is 13.2 Å². The lowest BCUT2D eigenvalue weighted by molar-refractivity contribution is 0.306.